The largest absolute Gasteiger partial charge is 0.466 e. The lowest BCUT2D eigenvalue weighted by Crippen LogP contribution is -2.55. The first kappa shape index (κ1) is 23.4. The Morgan fingerprint density at radius 1 is 1.28 bits per heavy atom. The quantitative estimate of drug-likeness (QED) is 0.495. The molecular formula is C22H36N2O5. The minimum absolute atomic E-state index is 0.0973. The van der Waals surface area contributed by atoms with Gasteiger partial charge in [0.2, 0.25) is 11.8 Å². The minimum Gasteiger partial charge on any atom is -0.466 e. The van der Waals surface area contributed by atoms with Crippen molar-refractivity contribution in [1.29, 1.82) is 0 Å². The molecule has 164 valence electrons. The summed E-state index contributed by atoms with van der Waals surface area (Å²) in [6.07, 6.45) is 5.55. The maximum Gasteiger partial charge on any atom is 0.310 e. The molecule has 0 unspecified atom stereocenters. The molecule has 7 nitrogen and oxygen atoms in total. The molecule has 1 aliphatic carbocycles. The highest BCUT2D eigenvalue weighted by Crippen LogP contribution is 2.46. The average Bonchev–Trinajstić information content (AvgIpc) is 2.93. The Bertz CT molecular complexity index is 654. The maximum atomic E-state index is 13.5. The number of hydrogen-bond acceptors (Lipinski definition) is 5. The molecule has 0 radical (unpaired) electrons. The molecule has 7 heteroatoms. The number of likely N-dealkylation sites (tertiary alicyclic amines) is 1. The van der Waals surface area contributed by atoms with Crippen LogP contribution in [0.1, 0.15) is 54.4 Å². The molecule has 0 aromatic rings. The summed E-state index contributed by atoms with van der Waals surface area (Å²) in [6.45, 7) is 11.2. The zero-order valence-electron chi connectivity index (χ0n) is 18.5. The van der Waals surface area contributed by atoms with Crippen LogP contribution in [0.25, 0.3) is 0 Å². The van der Waals surface area contributed by atoms with Crippen molar-refractivity contribution >= 4 is 17.8 Å². The van der Waals surface area contributed by atoms with Gasteiger partial charge in [0.25, 0.3) is 0 Å². The summed E-state index contributed by atoms with van der Waals surface area (Å²) in [5.74, 6) is -2.69. The number of nitrogens with one attached hydrogen (secondary N) is 1. The number of aliphatic hydroxyl groups is 1. The summed E-state index contributed by atoms with van der Waals surface area (Å²) in [5, 5.41) is 12.7. The van der Waals surface area contributed by atoms with Gasteiger partial charge < -0.3 is 20.1 Å². The van der Waals surface area contributed by atoms with E-state index in [2.05, 4.69) is 5.32 Å². The Morgan fingerprint density at radius 3 is 2.45 bits per heavy atom. The third-order valence-corrected chi connectivity index (χ3v) is 5.73. The molecule has 0 aromatic heterocycles. The number of rotatable bonds is 7. The van der Waals surface area contributed by atoms with Crippen molar-refractivity contribution in [2.75, 3.05) is 13.2 Å². The number of esters is 1. The van der Waals surface area contributed by atoms with E-state index in [1.54, 1.807) is 13.8 Å². The van der Waals surface area contributed by atoms with Crippen molar-refractivity contribution in [2.45, 2.75) is 72.0 Å². The average molecular weight is 409 g/mol. The third-order valence-electron chi connectivity index (χ3n) is 5.73. The van der Waals surface area contributed by atoms with E-state index in [0.29, 0.717) is 0 Å². The molecule has 1 aliphatic heterocycles. The van der Waals surface area contributed by atoms with E-state index >= 15 is 0 Å². The second kappa shape index (κ2) is 9.28. The van der Waals surface area contributed by atoms with E-state index in [-0.39, 0.29) is 36.9 Å². The second-order valence-corrected chi connectivity index (χ2v) is 9.18. The van der Waals surface area contributed by atoms with Gasteiger partial charge in [-0.15, -0.1) is 0 Å². The standard InChI is InChI=1S/C22H36N2O5/c1-7-9-14-10-11-15-17(16(14)21(28)29-8-2)20(27)24(13(3)12-25)18(15)19(26)23-22(4,5)6/h10-11,13-18,25H,7-9,12H2,1-6H3,(H,23,26)/t13-,14-,15+,16-,17-,18+/m1/s1. The number of hydrogen-bond donors (Lipinski definition) is 2. The van der Waals surface area contributed by atoms with Crippen LogP contribution in [0, 0.1) is 23.7 Å². The summed E-state index contributed by atoms with van der Waals surface area (Å²) in [5.41, 5.74) is -0.462. The van der Waals surface area contributed by atoms with Crippen molar-refractivity contribution in [3.63, 3.8) is 0 Å². The molecule has 0 spiro atoms. The summed E-state index contributed by atoms with van der Waals surface area (Å²) in [7, 11) is 0. The Morgan fingerprint density at radius 2 is 1.93 bits per heavy atom. The van der Waals surface area contributed by atoms with E-state index in [1.807, 2.05) is 39.8 Å². The summed E-state index contributed by atoms with van der Waals surface area (Å²) >= 11 is 0. The zero-order valence-corrected chi connectivity index (χ0v) is 18.5. The van der Waals surface area contributed by atoms with Gasteiger partial charge in [0.15, 0.2) is 0 Å². The fourth-order valence-corrected chi connectivity index (χ4v) is 4.62. The third kappa shape index (κ3) is 4.82. The van der Waals surface area contributed by atoms with E-state index < -0.39 is 35.4 Å². The van der Waals surface area contributed by atoms with Crippen LogP contribution in [0.4, 0.5) is 0 Å². The Kier molecular flexibility index (Phi) is 7.49. The molecule has 2 N–H and O–H groups in total. The van der Waals surface area contributed by atoms with Crippen LogP contribution in [0.15, 0.2) is 12.2 Å². The molecule has 29 heavy (non-hydrogen) atoms. The molecule has 2 rings (SSSR count). The number of amides is 2. The Hall–Kier alpha value is -1.89. The first-order chi connectivity index (χ1) is 13.6. The molecule has 1 heterocycles. The van der Waals surface area contributed by atoms with Gasteiger partial charge in [0.1, 0.15) is 6.04 Å². The highest BCUT2D eigenvalue weighted by Gasteiger charge is 2.58. The van der Waals surface area contributed by atoms with Gasteiger partial charge in [-0.05, 0) is 47.0 Å². The molecule has 1 fully saturated rings. The smallest absolute Gasteiger partial charge is 0.310 e. The summed E-state index contributed by atoms with van der Waals surface area (Å²) in [4.78, 5) is 41.0. The maximum absolute atomic E-state index is 13.5. The number of aliphatic hydroxyl groups excluding tert-OH is 1. The fourth-order valence-electron chi connectivity index (χ4n) is 4.62. The number of fused-ring (bicyclic) bond motifs is 1. The molecule has 6 atom stereocenters. The van der Waals surface area contributed by atoms with Gasteiger partial charge in [0, 0.05) is 11.5 Å². The van der Waals surface area contributed by atoms with E-state index in [9.17, 15) is 19.5 Å². The lowest BCUT2D eigenvalue weighted by molar-refractivity contribution is -0.156. The number of nitrogens with zero attached hydrogens (tertiary/aromatic N) is 1. The van der Waals surface area contributed by atoms with Gasteiger partial charge in [0.05, 0.1) is 31.1 Å². The van der Waals surface area contributed by atoms with Gasteiger partial charge in [-0.2, -0.15) is 0 Å². The number of ether oxygens (including phenoxy) is 1. The van der Waals surface area contributed by atoms with Crippen molar-refractivity contribution in [2.24, 2.45) is 23.7 Å². The fraction of sp³-hybridized carbons (Fsp3) is 0.773. The van der Waals surface area contributed by atoms with Crippen molar-refractivity contribution in [3.05, 3.63) is 12.2 Å². The first-order valence-electron chi connectivity index (χ1n) is 10.7. The molecule has 0 aromatic carbocycles. The summed E-state index contributed by atoms with van der Waals surface area (Å²) < 4.78 is 5.32. The molecule has 1 saturated heterocycles. The Labute approximate surface area is 173 Å². The topological polar surface area (TPSA) is 95.9 Å². The van der Waals surface area contributed by atoms with Gasteiger partial charge in [-0.3, -0.25) is 14.4 Å². The van der Waals surface area contributed by atoms with E-state index in [1.165, 1.54) is 4.90 Å². The SMILES string of the molecule is CCC[C@@H]1C=C[C@H]2[C@@H](C(=O)N([C@H](C)CO)[C@@H]2C(=O)NC(C)(C)C)[C@@H]1C(=O)OCC. The van der Waals surface area contributed by atoms with Crippen LogP contribution in [0.3, 0.4) is 0 Å². The van der Waals surface area contributed by atoms with Crippen molar-refractivity contribution in [1.82, 2.24) is 10.2 Å². The van der Waals surface area contributed by atoms with Gasteiger partial charge >= 0.3 is 5.97 Å². The van der Waals surface area contributed by atoms with Crippen LogP contribution in [0.5, 0.6) is 0 Å². The Balaban J connectivity index is 2.50. The van der Waals surface area contributed by atoms with Crippen LogP contribution in [-0.4, -0.2) is 58.6 Å². The van der Waals surface area contributed by atoms with Crippen molar-refractivity contribution < 1.29 is 24.2 Å². The van der Waals surface area contributed by atoms with Crippen LogP contribution in [0.2, 0.25) is 0 Å². The number of carbonyl (C=O) groups is 3. The molecular weight excluding hydrogens is 372 g/mol. The molecule has 0 bridgehead atoms. The molecule has 2 amide bonds. The predicted octanol–water partition coefficient (Wildman–Crippen LogP) is 1.89. The highest BCUT2D eigenvalue weighted by molar-refractivity contribution is 5.96. The predicted molar refractivity (Wildman–Crippen MR) is 110 cm³/mol. The summed E-state index contributed by atoms with van der Waals surface area (Å²) in [6, 6.07) is -1.28. The second-order valence-electron chi connectivity index (χ2n) is 9.18. The molecule has 0 saturated carbocycles. The van der Waals surface area contributed by atoms with Crippen molar-refractivity contribution in [3.8, 4) is 0 Å². The van der Waals surface area contributed by atoms with Crippen LogP contribution >= 0.6 is 0 Å². The van der Waals surface area contributed by atoms with Crippen LogP contribution in [-0.2, 0) is 19.1 Å². The highest BCUT2D eigenvalue weighted by atomic mass is 16.5. The zero-order chi connectivity index (χ0) is 21.9. The number of carbonyl (C=O) groups excluding carboxylic acids is 3. The minimum atomic E-state index is -0.760. The molecule has 2 aliphatic rings. The van der Waals surface area contributed by atoms with Crippen LogP contribution < -0.4 is 5.32 Å². The lowest BCUT2D eigenvalue weighted by atomic mass is 9.68. The lowest BCUT2D eigenvalue weighted by Gasteiger charge is -2.35. The van der Waals surface area contributed by atoms with Gasteiger partial charge in [-0.1, -0.05) is 25.5 Å². The van der Waals surface area contributed by atoms with Gasteiger partial charge in [-0.25, -0.2) is 0 Å². The normalized spacial score (nSPS) is 30.1. The number of allylic oxidation sites excluding steroid dienone is 1. The van der Waals surface area contributed by atoms with E-state index in [0.717, 1.165) is 12.8 Å². The first-order valence-corrected chi connectivity index (χ1v) is 10.7. The van der Waals surface area contributed by atoms with E-state index in [4.69, 9.17) is 4.74 Å². The monoisotopic (exact) mass is 408 g/mol.